The summed E-state index contributed by atoms with van der Waals surface area (Å²) in [6, 6.07) is 13.4. The first-order valence-corrected chi connectivity index (χ1v) is 9.79. The lowest BCUT2D eigenvalue weighted by Gasteiger charge is -2.09. The normalized spacial score (nSPS) is 11.3. The average molecular weight is 391 g/mol. The van der Waals surface area contributed by atoms with Gasteiger partial charge in [-0.2, -0.15) is 0 Å². The Bertz CT molecular complexity index is 1070. The van der Waals surface area contributed by atoms with E-state index in [2.05, 4.69) is 4.72 Å². The fourth-order valence-corrected chi connectivity index (χ4v) is 4.77. The third-order valence-electron chi connectivity index (χ3n) is 3.68. The van der Waals surface area contributed by atoms with Gasteiger partial charge in [-0.1, -0.05) is 30.3 Å². The number of benzene rings is 2. The van der Waals surface area contributed by atoms with Gasteiger partial charge >= 0.3 is 5.97 Å². The SMILES string of the molecule is Cc1ccccc1S(=O)(=O)Nc1cc(-c2ccc(F)cc2)sc1C(=O)O. The van der Waals surface area contributed by atoms with E-state index in [1.54, 1.807) is 25.1 Å². The number of nitrogens with one attached hydrogen (secondary N) is 1. The predicted octanol–water partition coefficient (Wildman–Crippen LogP) is 4.36. The molecule has 2 aromatic carbocycles. The number of halogens is 1. The summed E-state index contributed by atoms with van der Waals surface area (Å²) >= 11 is 0.918. The first-order valence-electron chi connectivity index (χ1n) is 7.49. The number of hydrogen-bond acceptors (Lipinski definition) is 4. The van der Waals surface area contributed by atoms with Crippen LogP contribution in [0.3, 0.4) is 0 Å². The van der Waals surface area contributed by atoms with Crippen molar-refractivity contribution in [2.45, 2.75) is 11.8 Å². The standard InChI is InChI=1S/C18H14FNO4S2/c1-11-4-2-3-5-16(11)26(23,24)20-14-10-15(25-17(14)18(21)22)12-6-8-13(19)9-7-12/h2-10,20H,1H3,(H,21,22). The lowest BCUT2D eigenvalue weighted by atomic mass is 10.2. The third kappa shape index (κ3) is 3.61. The highest BCUT2D eigenvalue weighted by atomic mass is 32.2. The summed E-state index contributed by atoms with van der Waals surface area (Å²) in [6.07, 6.45) is 0. The number of rotatable bonds is 5. The minimum absolute atomic E-state index is 0.0231. The molecule has 0 saturated heterocycles. The molecule has 0 aliphatic heterocycles. The molecule has 0 unspecified atom stereocenters. The van der Waals surface area contributed by atoms with Gasteiger partial charge in [0.15, 0.2) is 0 Å². The topological polar surface area (TPSA) is 83.5 Å². The summed E-state index contributed by atoms with van der Waals surface area (Å²) in [7, 11) is -3.94. The second kappa shape index (κ2) is 6.89. The molecule has 0 fully saturated rings. The molecule has 0 atom stereocenters. The van der Waals surface area contributed by atoms with Crippen LogP contribution in [-0.4, -0.2) is 19.5 Å². The van der Waals surface area contributed by atoms with E-state index in [0.29, 0.717) is 16.0 Å². The third-order valence-corrected chi connectivity index (χ3v) is 6.38. The quantitative estimate of drug-likeness (QED) is 0.677. The van der Waals surface area contributed by atoms with Crippen molar-refractivity contribution in [3.05, 3.63) is 70.9 Å². The maximum atomic E-state index is 13.1. The number of hydrogen-bond donors (Lipinski definition) is 2. The Kier molecular flexibility index (Phi) is 4.80. The van der Waals surface area contributed by atoms with Crippen molar-refractivity contribution >= 4 is 33.0 Å². The van der Waals surface area contributed by atoms with Crippen LogP contribution in [-0.2, 0) is 10.0 Å². The van der Waals surface area contributed by atoms with Gasteiger partial charge in [-0.05, 0) is 42.3 Å². The minimum atomic E-state index is -3.94. The predicted molar refractivity (Wildman–Crippen MR) is 98.7 cm³/mol. The highest BCUT2D eigenvalue weighted by Gasteiger charge is 2.23. The molecule has 0 spiro atoms. The summed E-state index contributed by atoms with van der Waals surface area (Å²) in [5.74, 6) is -1.66. The summed E-state index contributed by atoms with van der Waals surface area (Å²) in [4.78, 5) is 12.0. The van der Waals surface area contributed by atoms with Crippen LogP contribution in [0.15, 0.2) is 59.5 Å². The zero-order valence-electron chi connectivity index (χ0n) is 13.6. The Morgan fingerprint density at radius 2 is 1.77 bits per heavy atom. The Morgan fingerprint density at radius 3 is 2.38 bits per heavy atom. The number of sulfonamides is 1. The van der Waals surface area contributed by atoms with Gasteiger partial charge in [-0.3, -0.25) is 4.72 Å². The number of thiophene rings is 1. The number of carboxylic acids is 1. The van der Waals surface area contributed by atoms with E-state index < -0.39 is 21.8 Å². The maximum absolute atomic E-state index is 13.1. The van der Waals surface area contributed by atoms with Crippen molar-refractivity contribution in [2.75, 3.05) is 4.72 Å². The second-order valence-corrected chi connectivity index (χ2v) is 8.24. The highest BCUT2D eigenvalue weighted by molar-refractivity contribution is 7.92. The van der Waals surface area contributed by atoms with Crippen LogP contribution in [0.5, 0.6) is 0 Å². The number of carboxylic acid groups (broad SMARTS) is 1. The number of anilines is 1. The van der Waals surface area contributed by atoms with E-state index in [9.17, 15) is 22.7 Å². The molecule has 3 rings (SSSR count). The Balaban J connectivity index is 2.03. The van der Waals surface area contributed by atoms with Crippen LogP contribution in [0.1, 0.15) is 15.2 Å². The zero-order chi connectivity index (χ0) is 18.9. The van der Waals surface area contributed by atoms with Crippen molar-refractivity contribution in [3.63, 3.8) is 0 Å². The monoisotopic (exact) mass is 391 g/mol. The van der Waals surface area contributed by atoms with Gasteiger partial charge in [-0.25, -0.2) is 17.6 Å². The molecular weight excluding hydrogens is 377 g/mol. The average Bonchev–Trinajstić information content (AvgIpc) is 2.99. The van der Waals surface area contributed by atoms with Crippen molar-refractivity contribution in [1.82, 2.24) is 0 Å². The van der Waals surface area contributed by atoms with Gasteiger partial charge in [0, 0.05) is 4.88 Å². The fraction of sp³-hybridized carbons (Fsp3) is 0.0556. The molecule has 0 radical (unpaired) electrons. The van der Waals surface area contributed by atoms with E-state index in [4.69, 9.17) is 0 Å². The molecule has 0 amide bonds. The van der Waals surface area contributed by atoms with Crippen LogP contribution in [0.25, 0.3) is 10.4 Å². The van der Waals surface area contributed by atoms with Gasteiger partial charge < -0.3 is 5.11 Å². The Hall–Kier alpha value is -2.71. The Morgan fingerprint density at radius 1 is 1.12 bits per heavy atom. The molecule has 1 aromatic heterocycles. The molecule has 0 aliphatic carbocycles. The Labute approximate surface area is 153 Å². The van der Waals surface area contributed by atoms with Crippen LogP contribution in [0, 0.1) is 12.7 Å². The summed E-state index contributed by atoms with van der Waals surface area (Å²) in [5.41, 5.74) is 1.12. The molecule has 134 valence electrons. The van der Waals surface area contributed by atoms with Crippen molar-refractivity contribution < 1.29 is 22.7 Å². The van der Waals surface area contributed by atoms with Crippen molar-refractivity contribution in [1.29, 1.82) is 0 Å². The number of aryl methyl sites for hydroxylation is 1. The molecule has 3 aromatic rings. The molecule has 0 bridgehead atoms. The van der Waals surface area contributed by atoms with E-state index in [1.807, 2.05) is 0 Å². The van der Waals surface area contributed by atoms with E-state index in [1.165, 1.54) is 36.4 Å². The first kappa shape index (κ1) is 18.1. The molecule has 0 saturated carbocycles. The molecule has 0 aliphatic rings. The summed E-state index contributed by atoms with van der Waals surface area (Å²) < 4.78 is 40.7. The number of aromatic carboxylic acids is 1. The largest absolute Gasteiger partial charge is 0.477 e. The second-order valence-electron chi connectivity index (χ2n) is 5.54. The molecule has 1 heterocycles. The van der Waals surface area contributed by atoms with E-state index in [-0.39, 0.29) is 15.5 Å². The van der Waals surface area contributed by atoms with Gasteiger partial charge in [0.1, 0.15) is 10.7 Å². The smallest absolute Gasteiger partial charge is 0.348 e. The van der Waals surface area contributed by atoms with E-state index >= 15 is 0 Å². The van der Waals surface area contributed by atoms with Gasteiger partial charge in [0.25, 0.3) is 10.0 Å². The van der Waals surface area contributed by atoms with Crippen LogP contribution in [0.2, 0.25) is 0 Å². The lowest BCUT2D eigenvalue weighted by Crippen LogP contribution is -2.15. The van der Waals surface area contributed by atoms with Gasteiger partial charge in [0.2, 0.25) is 0 Å². The van der Waals surface area contributed by atoms with Crippen molar-refractivity contribution in [2.24, 2.45) is 0 Å². The molecule has 8 heteroatoms. The molecule has 26 heavy (non-hydrogen) atoms. The van der Waals surface area contributed by atoms with Gasteiger partial charge in [0.05, 0.1) is 10.6 Å². The van der Waals surface area contributed by atoms with E-state index in [0.717, 1.165) is 11.3 Å². The maximum Gasteiger partial charge on any atom is 0.348 e. The van der Waals surface area contributed by atoms with Crippen LogP contribution >= 0.6 is 11.3 Å². The summed E-state index contributed by atoms with van der Waals surface area (Å²) in [5, 5.41) is 9.41. The molecule has 5 nitrogen and oxygen atoms in total. The van der Waals surface area contributed by atoms with Crippen LogP contribution < -0.4 is 4.72 Å². The molecule has 2 N–H and O–H groups in total. The molecular formula is C18H14FNO4S2. The zero-order valence-corrected chi connectivity index (χ0v) is 15.2. The van der Waals surface area contributed by atoms with Crippen LogP contribution in [0.4, 0.5) is 10.1 Å². The number of carbonyl (C=O) groups is 1. The summed E-state index contributed by atoms with van der Waals surface area (Å²) in [6.45, 7) is 1.66. The first-order chi connectivity index (χ1) is 12.3. The fourth-order valence-electron chi connectivity index (χ4n) is 2.44. The van der Waals surface area contributed by atoms with Gasteiger partial charge in [-0.15, -0.1) is 11.3 Å². The lowest BCUT2D eigenvalue weighted by molar-refractivity contribution is 0.0703. The minimum Gasteiger partial charge on any atom is -0.477 e. The highest BCUT2D eigenvalue weighted by Crippen LogP contribution is 2.36. The van der Waals surface area contributed by atoms with Crippen molar-refractivity contribution in [3.8, 4) is 10.4 Å².